The third-order valence-corrected chi connectivity index (χ3v) is 5.99. The van der Waals surface area contributed by atoms with E-state index in [9.17, 15) is 23.1 Å². The Balaban J connectivity index is 1.54. The van der Waals surface area contributed by atoms with Crippen LogP contribution in [0.15, 0.2) is 47.2 Å². The van der Waals surface area contributed by atoms with Crippen LogP contribution >= 0.6 is 15.9 Å². The van der Waals surface area contributed by atoms with Gasteiger partial charge in [0, 0.05) is 59.5 Å². The van der Waals surface area contributed by atoms with Gasteiger partial charge >= 0.3 is 12.1 Å². The molecule has 1 aliphatic heterocycles. The number of aromatic nitrogens is 2. The normalized spacial score (nSPS) is 17.0. The van der Waals surface area contributed by atoms with Crippen LogP contribution in [0.2, 0.25) is 0 Å². The van der Waals surface area contributed by atoms with Crippen LogP contribution in [0.4, 0.5) is 19.0 Å². The molecule has 0 spiro atoms. The van der Waals surface area contributed by atoms with Crippen molar-refractivity contribution in [3.05, 3.63) is 58.3 Å². The highest BCUT2D eigenvalue weighted by molar-refractivity contribution is 9.10. The SMILES string of the molecule is O=C(O)C(c1c[nH]c2cc(Br)ccc12)N1CCCN(c2ccc(C(F)(F)F)cn2)CC1. The summed E-state index contributed by atoms with van der Waals surface area (Å²) in [4.78, 5) is 23.1. The lowest BCUT2D eigenvalue weighted by atomic mass is 10.0. The first kappa shape index (κ1) is 21.6. The van der Waals surface area contributed by atoms with Gasteiger partial charge in [-0.2, -0.15) is 13.2 Å². The van der Waals surface area contributed by atoms with Gasteiger partial charge in [-0.3, -0.25) is 9.69 Å². The van der Waals surface area contributed by atoms with E-state index in [0.29, 0.717) is 44.0 Å². The first-order valence-corrected chi connectivity index (χ1v) is 10.5. The van der Waals surface area contributed by atoms with E-state index in [4.69, 9.17) is 0 Å². The van der Waals surface area contributed by atoms with E-state index >= 15 is 0 Å². The van der Waals surface area contributed by atoms with Gasteiger partial charge in [-0.15, -0.1) is 0 Å². The number of pyridine rings is 1. The van der Waals surface area contributed by atoms with Gasteiger partial charge in [0.2, 0.25) is 0 Å². The third kappa shape index (κ3) is 4.54. The van der Waals surface area contributed by atoms with E-state index in [1.165, 1.54) is 6.07 Å². The van der Waals surface area contributed by atoms with Crippen molar-refractivity contribution < 1.29 is 23.1 Å². The zero-order valence-corrected chi connectivity index (χ0v) is 17.9. The molecule has 0 saturated carbocycles. The van der Waals surface area contributed by atoms with Crippen molar-refractivity contribution >= 4 is 38.6 Å². The minimum absolute atomic E-state index is 0.447. The van der Waals surface area contributed by atoms with E-state index in [1.54, 1.807) is 6.20 Å². The van der Waals surface area contributed by atoms with Crippen molar-refractivity contribution in [1.82, 2.24) is 14.9 Å². The molecule has 1 aliphatic rings. The predicted molar refractivity (Wildman–Crippen MR) is 114 cm³/mol. The Hall–Kier alpha value is -2.59. The molecule has 31 heavy (non-hydrogen) atoms. The van der Waals surface area contributed by atoms with E-state index in [0.717, 1.165) is 27.6 Å². The average molecular weight is 497 g/mol. The molecule has 0 aliphatic carbocycles. The fraction of sp³-hybridized carbons (Fsp3) is 0.333. The molecule has 4 rings (SSSR count). The molecule has 164 valence electrons. The van der Waals surface area contributed by atoms with E-state index < -0.39 is 23.8 Å². The maximum absolute atomic E-state index is 12.8. The zero-order chi connectivity index (χ0) is 22.2. The zero-order valence-electron chi connectivity index (χ0n) is 16.4. The lowest BCUT2D eigenvalue weighted by Gasteiger charge is -2.27. The van der Waals surface area contributed by atoms with Crippen LogP contribution in [0.3, 0.4) is 0 Å². The maximum atomic E-state index is 12.8. The summed E-state index contributed by atoms with van der Waals surface area (Å²) in [6, 6.07) is 7.23. The number of benzene rings is 1. The summed E-state index contributed by atoms with van der Waals surface area (Å²) in [5.74, 6) is -0.483. The van der Waals surface area contributed by atoms with Crippen LogP contribution in [0, 0.1) is 0 Å². The first-order valence-electron chi connectivity index (χ1n) is 9.75. The second kappa shape index (κ2) is 8.51. The monoisotopic (exact) mass is 496 g/mol. The number of aromatic amines is 1. The number of H-pyrrole nitrogens is 1. The molecule has 3 aromatic rings. The van der Waals surface area contributed by atoms with Gasteiger partial charge in [-0.05, 0) is 30.7 Å². The van der Waals surface area contributed by atoms with Crippen LogP contribution in [-0.2, 0) is 11.0 Å². The molecule has 0 bridgehead atoms. The average Bonchev–Trinajstić information content (AvgIpc) is 2.96. The molecule has 0 amide bonds. The number of hydrogen-bond donors (Lipinski definition) is 2. The van der Waals surface area contributed by atoms with Crippen molar-refractivity contribution in [2.75, 3.05) is 31.1 Å². The molecule has 2 aromatic heterocycles. The Morgan fingerprint density at radius 2 is 1.97 bits per heavy atom. The quantitative estimate of drug-likeness (QED) is 0.548. The van der Waals surface area contributed by atoms with Gasteiger partial charge in [0.25, 0.3) is 0 Å². The molecule has 6 nitrogen and oxygen atoms in total. The number of carboxylic acids is 1. The molecular formula is C21H20BrF3N4O2. The summed E-state index contributed by atoms with van der Waals surface area (Å²) < 4.78 is 39.3. The molecule has 1 unspecified atom stereocenters. The number of halogens is 4. The number of nitrogens with zero attached hydrogens (tertiary/aromatic N) is 3. The van der Waals surface area contributed by atoms with Crippen LogP contribution in [0.25, 0.3) is 10.9 Å². The Morgan fingerprint density at radius 3 is 2.65 bits per heavy atom. The fourth-order valence-electron chi connectivity index (χ4n) is 4.00. The molecule has 3 heterocycles. The Morgan fingerprint density at radius 1 is 1.16 bits per heavy atom. The fourth-order valence-corrected chi connectivity index (χ4v) is 4.36. The van der Waals surface area contributed by atoms with Crippen LogP contribution in [0.5, 0.6) is 0 Å². The van der Waals surface area contributed by atoms with E-state index in [2.05, 4.69) is 25.9 Å². The molecule has 1 atom stereocenters. The Kier molecular flexibility index (Phi) is 5.94. The number of anilines is 1. The molecule has 0 radical (unpaired) electrons. The highest BCUT2D eigenvalue weighted by Crippen LogP contribution is 2.32. The summed E-state index contributed by atoms with van der Waals surface area (Å²) in [7, 11) is 0. The maximum Gasteiger partial charge on any atom is 0.417 e. The number of rotatable bonds is 4. The summed E-state index contributed by atoms with van der Waals surface area (Å²) in [6.07, 6.45) is -1.19. The van der Waals surface area contributed by atoms with Gasteiger partial charge in [0.15, 0.2) is 0 Å². The number of carbonyl (C=O) groups is 1. The van der Waals surface area contributed by atoms with Crippen molar-refractivity contribution in [3.63, 3.8) is 0 Å². The van der Waals surface area contributed by atoms with Crippen molar-refractivity contribution in [1.29, 1.82) is 0 Å². The minimum Gasteiger partial charge on any atom is -0.480 e. The van der Waals surface area contributed by atoms with Crippen LogP contribution in [-0.4, -0.2) is 52.1 Å². The standard InChI is InChI=1S/C21H20BrF3N4O2/c22-14-3-4-15-16(12-26-17(15)10-14)19(20(30)31)29-7-1-6-28(8-9-29)18-5-2-13(11-27-18)21(23,24)25/h2-5,10-12,19,26H,1,6-9H2,(H,30,31). The summed E-state index contributed by atoms with van der Waals surface area (Å²) >= 11 is 3.42. The van der Waals surface area contributed by atoms with Crippen molar-refractivity contribution in [3.8, 4) is 0 Å². The second-order valence-electron chi connectivity index (χ2n) is 7.45. The van der Waals surface area contributed by atoms with Crippen LogP contribution < -0.4 is 4.90 Å². The van der Waals surface area contributed by atoms with Gasteiger partial charge < -0.3 is 15.0 Å². The largest absolute Gasteiger partial charge is 0.480 e. The molecule has 1 saturated heterocycles. The lowest BCUT2D eigenvalue weighted by molar-refractivity contribution is -0.143. The predicted octanol–water partition coefficient (Wildman–Crippen LogP) is 4.68. The lowest BCUT2D eigenvalue weighted by Crippen LogP contribution is -2.37. The molecular weight excluding hydrogens is 477 g/mol. The number of aliphatic carboxylic acids is 1. The first-order chi connectivity index (χ1) is 14.7. The number of hydrogen-bond acceptors (Lipinski definition) is 4. The smallest absolute Gasteiger partial charge is 0.417 e. The molecule has 1 aromatic carbocycles. The number of carboxylic acid groups (broad SMARTS) is 1. The highest BCUT2D eigenvalue weighted by Gasteiger charge is 2.33. The Labute approximate surface area is 184 Å². The van der Waals surface area contributed by atoms with E-state index in [-0.39, 0.29) is 0 Å². The molecule has 1 fully saturated rings. The number of fused-ring (bicyclic) bond motifs is 1. The van der Waals surface area contributed by atoms with Gasteiger partial charge in [0.1, 0.15) is 11.9 Å². The Bertz CT molecular complexity index is 1080. The molecule has 2 N–H and O–H groups in total. The second-order valence-corrected chi connectivity index (χ2v) is 8.37. The van der Waals surface area contributed by atoms with Gasteiger partial charge in [-0.1, -0.05) is 22.0 Å². The van der Waals surface area contributed by atoms with Gasteiger partial charge in [-0.25, -0.2) is 4.98 Å². The summed E-state index contributed by atoms with van der Waals surface area (Å²) in [5.41, 5.74) is 0.752. The third-order valence-electron chi connectivity index (χ3n) is 5.50. The number of alkyl halides is 3. The van der Waals surface area contributed by atoms with E-state index in [1.807, 2.05) is 28.0 Å². The summed E-state index contributed by atoms with van der Waals surface area (Å²) in [5, 5.41) is 10.8. The summed E-state index contributed by atoms with van der Waals surface area (Å²) in [6.45, 7) is 2.05. The van der Waals surface area contributed by atoms with Gasteiger partial charge in [0.05, 0.1) is 5.56 Å². The highest BCUT2D eigenvalue weighted by atomic mass is 79.9. The molecule has 10 heteroatoms. The topological polar surface area (TPSA) is 72.5 Å². The van der Waals surface area contributed by atoms with Crippen LogP contribution in [0.1, 0.15) is 23.6 Å². The van der Waals surface area contributed by atoms with Crippen molar-refractivity contribution in [2.45, 2.75) is 18.6 Å². The van der Waals surface area contributed by atoms with Crippen molar-refractivity contribution in [2.24, 2.45) is 0 Å². The number of nitrogens with one attached hydrogen (secondary N) is 1. The minimum atomic E-state index is -4.43.